The molecule has 1 fully saturated rings. The standard InChI is InChI=1S/C16H24N4O3/c1-16(2,3)23-15(22)20-8-4-5-12(11-20)19-10-14(21)13-9-17-6-7-18-13/h6-7,9,12,19H,4-5,8,10-11H2,1-3H3. The Bertz CT molecular complexity index is 542. The molecule has 7 nitrogen and oxygen atoms in total. The van der Waals surface area contributed by atoms with E-state index in [1.54, 1.807) is 4.90 Å². The molecule has 1 atom stereocenters. The molecular formula is C16H24N4O3. The molecule has 1 saturated heterocycles. The number of hydrogen-bond acceptors (Lipinski definition) is 6. The van der Waals surface area contributed by atoms with Crippen molar-refractivity contribution in [3.63, 3.8) is 0 Å². The highest BCUT2D eigenvalue weighted by Gasteiger charge is 2.27. The van der Waals surface area contributed by atoms with E-state index in [9.17, 15) is 9.59 Å². The Kier molecular flexibility index (Phi) is 5.65. The second-order valence-corrected chi connectivity index (χ2v) is 6.66. The molecule has 1 unspecified atom stereocenters. The third kappa shape index (κ3) is 5.59. The molecule has 7 heteroatoms. The lowest BCUT2D eigenvalue weighted by Gasteiger charge is -2.34. The quantitative estimate of drug-likeness (QED) is 0.849. The van der Waals surface area contributed by atoms with Gasteiger partial charge in [-0.2, -0.15) is 0 Å². The summed E-state index contributed by atoms with van der Waals surface area (Å²) in [5, 5.41) is 3.20. The second-order valence-electron chi connectivity index (χ2n) is 6.66. The fourth-order valence-electron chi connectivity index (χ4n) is 2.41. The van der Waals surface area contributed by atoms with Crippen LogP contribution in [-0.2, 0) is 4.74 Å². The van der Waals surface area contributed by atoms with Crippen LogP contribution in [0.5, 0.6) is 0 Å². The first-order valence-corrected chi connectivity index (χ1v) is 7.86. The van der Waals surface area contributed by atoms with Crippen LogP contribution in [0.3, 0.4) is 0 Å². The first-order valence-electron chi connectivity index (χ1n) is 7.86. The van der Waals surface area contributed by atoms with E-state index in [0.29, 0.717) is 18.8 Å². The van der Waals surface area contributed by atoms with Crippen LogP contribution in [0, 0.1) is 0 Å². The number of Topliss-reactive ketones (excluding diaryl/α,β-unsaturated/α-hetero) is 1. The van der Waals surface area contributed by atoms with Gasteiger partial charge in [-0.05, 0) is 33.6 Å². The summed E-state index contributed by atoms with van der Waals surface area (Å²) in [5.74, 6) is -0.104. The van der Waals surface area contributed by atoms with Gasteiger partial charge in [0.05, 0.1) is 12.7 Å². The van der Waals surface area contributed by atoms with Crippen molar-refractivity contribution in [2.75, 3.05) is 19.6 Å². The zero-order valence-electron chi connectivity index (χ0n) is 13.9. The Hall–Kier alpha value is -2.02. The van der Waals surface area contributed by atoms with Crippen LogP contribution < -0.4 is 5.32 Å². The molecule has 1 aromatic rings. The molecule has 0 aromatic carbocycles. The average molecular weight is 320 g/mol. The third-order valence-corrected chi connectivity index (χ3v) is 3.47. The number of ketones is 1. The van der Waals surface area contributed by atoms with Crippen molar-refractivity contribution in [3.8, 4) is 0 Å². The van der Waals surface area contributed by atoms with Gasteiger partial charge in [0, 0.05) is 31.5 Å². The topological polar surface area (TPSA) is 84.4 Å². The minimum Gasteiger partial charge on any atom is -0.444 e. The van der Waals surface area contributed by atoms with E-state index in [2.05, 4.69) is 15.3 Å². The summed E-state index contributed by atoms with van der Waals surface area (Å²) in [6, 6.07) is 0.0805. The van der Waals surface area contributed by atoms with E-state index in [0.717, 1.165) is 12.8 Å². The number of nitrogens with zero attached hydrogens (tertiary/aromatic N) is 3. The molecule has 2 heterocycles. The maximum atomic E-state index is 12.1. The first-order chi connectivity index (χ1) is 10.8. The van der Waals surface area contributed by atoms with E-state index in [4.69, 9.17) is 4.74 Å². The number of piperidine rings is 1. The van der Waals surface area contributed by atoms with Crippen LogP contribution in [0.15, 0.2) is 18.6 Å². The number of carbonyl (C=O) groups excluding carboxylic acids is 2. The average Bonchev–Trinajstić information content (AvgIpc) is 2.52. The molecule has 1 amide bonds. The smallest absolute Gasteiger partial charge is 0.410 e. The summed E-state index contributed by atoms with van der Waals surface area (Å²) >= 11 is 0. The Labute approximate surface area is 136 Å². The van der Waals surface area contributed by atoms with Gasteiger partial charge in [0.15, 0.2) is 5.78 Å². The van der Waals surface area contributed by atoms with Crippen molar-refractivity contribution in [2.24, 2.45) is 0 Å². The molecule has 1 aliphatic heterocycles. The summed E-state index contributed by atoms with van der Waals surface area (Å²) < 4.78 is 5.39. The molecule has 0 aliphatic carbocycles. The van der Waals surface area contributed by atoms with Gasteiger partial charge in [-0.25, -0.2) is 9.78 Å². The van der Waals surface area contributed by atoms with Crippen LogP contribution in [0.25, 0.3) is 0 Å². The minimum absolute atomic E-state index is 0.0805. The second kappa shape index (κ2) is 7.50. The Balaban J connectivity index is 1.82. The number of carbonyl (C=O) groups is 2. The lowest BCUT2D eigenvalue weighted by atomic mass is 10.1. The van der Waals surface area contributed by atoms with E-state index in [-0.39, 0.29) is 24.5 Å². The van der Waals surface area contributed by atoms with Crippen molar-refractivity contribution in [2.45, 2.75) is 45.3 Å². The van der Waals surface area contributed by atoms with Crippen LogP contribution in [0.2, 0.25) is 0 Å². The highest BCUT2D eigenvalue weighted by atomic mass is 16.6. The highest BCUT2D eigenvalue weighted by molar-refractivity contribution is 5.95. The zero-order chi connectivity index (χ0) is 16.9. The predicted molar refractivity (Wildman–Crippen MR) is 85.2 cm³/mol. The number of aromatic nitrogens is 2. The SMILES string of the molecule is CC(C)(C)OC(=O)N1CCCC(NCC(=O)c2cnccn2)C1. The van der Waals surface area contributed by atoms with Gasteiger partial charge in [-0.15, -0.1) is 0 Å². The molecule has 1 N–H and O–H groups in total. The summed E-state index contributed by atoms with van der Waals surface area (Å²) in [5.41, 5.74) is -0.154. The van der Waals surface area contributed by atoms with E-state index in [1.807, 2.05) is 20.8 Å². The molecule has 1 aromatic heterocycles. The Morgan fingerprint density at radius 1 is 1.39 bits per heavy atom. The summed E-state index contributed by atoms with van der Waals surface area (Å²) in [6.07, 6.45) is 5.99. The zero-order valence-corrected chi connectivity index (χ0v) is 13.9. The van der Waals surface area contributed by atoms with Crippen LogP contribution in [0.1, 0.15) is 44.1 Å². The van der Waals surface area contributed by atoms with Gasteiger partial charge >= 0.3 is 6.09 Å². The van der Waals surface area contributed by atoms with Crippen LogP contribution in [0.4, 0.5) is 4.79 Å². The van der Waals surface area contributed by atoms with E-state index in [1.165, 1.54) is 18.6 Å². The van der Waals surface area contributed by atoms with Gasteiger partial charge in [0.2, 0.25) is 0 Å². The lowest BCUT2D eigenvalue weighted by Crippen LogP contribution is -2.50. The van der Waals surface area contributed by atoms with Crippen molar-refractivity contribution < 1.29 is 14.3 Å². The lowest BCUT2D eigenvalue weighted by molar-refractivity contribution is 0.0188. The maximum absolute atomic E-state index is 12.1. The highest BCUT2D eigenvalue weighted by Crippen LogP contribution is 2.15. The fourth-order valence-corrected chi connectivity index (χ4v) is 2.41. The predicted octanol–water partition coefficient (Wildman–Crippen LogP) is 1.65. The van der Waals surface area contributed by atoms with Crippen LogP contribution in [-0.4, -0.2) is 58.0 Å². The molecule has 126 valence electrons. The largest absolute Gasteiger partial charge is 0.444 e. The van der Waals surface area contributed by atoms with Crippen molar-refractivity contribution in [1.29, 1.82) is 0 Å². The normalized spacial score (nSPS) is 18.6. The molecule has 1 aliphatic rings. The number of amides is 1. The number of likely N-dealkylation sites (tertiary alicyclic amines) is 1. The Morgan fingerprint density at radius 2 is 2.17 bits per heavy atom. The van der Waals surface area contributed by atoms with Crippen molar-refractivity contribution in [1.82, 2.24) is 20.2 Å². The fraction of sp³-hybridized carbons (Fsp3) is 0.625. The number of ether oxygens (including phenoxy) is 1. The summed E-state index contributed by atoms with van der Waals surface area (Å²) in [7, 11) is 0. The number of hydrogen-bond donors (Lipinski definition) is 1. The summed E-state index contributed by atoms with van der Waals surface area (Å²) in [6.45, 7) is 6.97. The van der Waals surface area contributed by atoms with E-state index >= 15 is 0 Å². The molecule has 0 spiro atoms. The van der Waals surface area contributed by atoms with Crippen LogP contribution >= 0.6 is 0 Å². The van der Waals surface area contributed by atoms with Gasteiger partial charge in [-0.1, -0.05) is 0 Å². The molecule has 0 bridgehead atoms. The van der Waals surface area contributed by atoms with Gasteiger partial charge in [0.1, 0.15) is 11.3 Å². The van der Waals surface area contributed by atoms with Crippen molar-refractivity contribution >= 4 is 11.9 Å². The maximum Gasteiger partial charge on any atom is 0.410 e. The number of nitrogens with one attached hydrogen (secondary N) is 1. The van der Waals surface area contributed by atoms with Gasteiger partial charge in [0.25, 0.3) is 0 Å². The minimum atomic E-state index is -0.501. The molecule has 23 heavy (non-hydrogen) atoms. The summed E-state index contributed by atoms with van der Waals surface area (Å²) in [4.78, 5) is 33.7. The first kappa shape index (κ1) is 17.3. The van der Waals surface area contributed by atoms with Gasteiger partial charge in [-0.3, -0.25) is 9.78 Å². The number of rotatable bonds is 4. The van der Waals surface area contributed by atoms with Crippen molar-refractivity contribution in [3.05, 3.63) is 24.3 Å². The molecule has 2 rings (SSSR count). The molecule has 0 saturated carbocycles. The monoisotopic (exact) mass is 320 g/mol. The Morgan fingerprint density at radius 3 is 2.83 bits per heavy atom. The van der Waals surface area contributed by atoms with E-state index < -0.39 is 5.60 Å². The third-order valence-electron chi connectivity index (χ3n) is 3.47. The van der Waals surface area contributed by atoms with Gasteiger partial charge < -0.3 is 15.0 Å². The molecule has 0 radical (unpaired) electrons. The molecular weight excluding hydrogens is 296 g/mol.